The van der Waals surface area contributed by atoms with Gasteiger partial charge in [-0.15, -0.1) is 0 Å². The van der Waals surface area contributed by atoms with Gasteiger partial charge in [0.15, 0.2) is 10.9 Å². The van der Waals surface area contributed by atoms with Crippen LogP contribution < -0.4 is 15.4 Å². The first kappa shape index (κ1) is 17.0. The van der Waals surface area contributed by atoms with Crippen LogP contribution in [0.4, 0.5) is 5.69 Å². The minimum atomic E-state index is 0.0431. The van der Waals surface area contributed by atoms with Gasteiger partial charge in [0.05, 0.1) is 13.2 Å². The summed E-state index contributed by atoms with van der Waals surface area (Å²) in [4.78, 5) is 11.3. The summed E-state index contributed by atoms with van der Waals surface area (Å²) in [6.45, 7) is 3.58. The van der Waals surface area contributed by atoms with Crippen molar-refractivity contribution in [3.8, 4) is 5.75 Å². The number of anilines is 1. The highest BCUT2D eigenvalue weighted by Gasteiger charge is 2.08. The highest BCUT2D eigenvalue weighted by atomic mass is 32.1. The van der Waals surface area contributed by atoms with Crippen LogP contribution >= 0.6 is 12.2 Å². The molecule has 23 heavy (non-hydrogen) atoms. The zero-order valence-corrected chi connectivity index (χ0v) is 14.2. The Labute approximate surface area is 141 Å². The number of thiocarbonyl (C=S) groups is 1. The van der Waals surface area contributed by atoms with E-state index in [-0.39, 0.29) is 11.8 Å². The van der Waals surface area contributed by atoms with Gasteiger partial charge in [-0.1, -0.05) is 12.1 Å². The van der Waals surface area contributed by atoms with Crippen LogP contribution in [0.1, 0.15) is 35.8 Å². The molecule has 4 nitrogen and oxygen atoms in total. The Morgan fingerprint density at radius 1 is 1.17 bits per heavy atom. The molecule has 2 rings (SSSR count). The fourth-order valence-electron chi connectivity index (χ4n) is 2.15. The normalized spacial score (nSPS) is 11.4. The number of Topliss-reactive ketones (excluding diaryl/α,β-unsaturated/α-hetero) is 1. The number of ketones is 1. The van der Waals surface area contributed by atoms with Crippen LogP contribution in [0.2, 0.25) is 0 Å². The summed E-state index contributed by atoms with van der Waals surface area (Å²) in [5, 5.41) is 6.87. The average molecular weight is 328 g/mol. The molecule has 0 saturated heterocycles. The zero-order chi connectivity index (χ0) is 16.8. The van der Waals surface area contributed by atoms with Crippen LogP contribution in [0, 0.1) is 0 Å². The third kappa shape index (κ3) is 4.79. The van der Waals surface area contributed by atoms with Crippen LogP contribution in [-0.2, 0) is 0 Å². The summed E-state index contributed by atoms with van der Waals surface area (Å²) in [5.41, 5.74) is 2.60. The van der Waals surface area contributed by atoms with Crippen molar-refractivity contribution < 1.29 is 9.53 Å². The van der Waals surface area contributed by atoms with Gasteiger partial charge in [-0.05, 0) is 68.0 Å². The zero-order valence-electron chi connectivity index (χ0n) is 13.4. The van der Waals surface area contributed by atoms with E-state index in [1.807, 2.05) is 43.3 Å². The SMILES string of the molecule is COc1cccc([C@H](C)NC(=S)Nc2ccc(C(C)=O)cc2)c1. The number of methoxy groups -OCH3 is 1. The van der Waals surface area contributed by atoms with Crippen LogP contribution in [-0.4, -0.2) is 18.0 Å². The molecule has 2 N–H and O–H groups in total. The van der Waals surface area contributed by atoms with Crippen molar-refractivity contribution in [3.63, 3.8) is 0 Å². The second-order valence-corrected chi connectivity index (χ2v) is 5.64. The lowest BCUT2D eigenvalue weighted by Crippen LogP contribution is -2.30. The summed E-state index contributed by atoms with van der Waals surface area (Å²) in [5.74, 6) is 0.860. The Morgan fingerprint density at radius 2 is 1.87 bits per heavy atom. The first-order valence-corrected chi connectivity index (χ1v) is 7.73. The quantitative estimate of drug-likeness (QED) is 0.643. The molecular weight excluding hydrogens is 308 g/mol. The first-order valence-electron chi connectivity index (χ1n) is 7.32. The number of carbonyl (C=O) groups is 1. The van der Waals surface area contributed by atoms with Crippen molar-refractivity contribution in [1.29, 1.82) is 0 Å². The molecule has 0 aliphatic rings. The van der Waals surface area contributed by atoms with Gasteiger partial charge in [0.2, 0.25) is 0 Å². The Hall–Kier alpha value is -2.40. The molecule has 0 radical (unpaired) electrons. The smallest absolute Gasteiger partial charge is 0.171 e. The summed E-state index contributed by atoms with van der Waals surface area (Å²) in [7, 11) is 1.65. The van der Waals surface area contributed by atoms with Crippen molar-refractivity contribution >= 4 is 28.8 Å². The molecule has 0 unspecified atom stereocenters. The number of nitrogens with one attached hydrogen (secondary N) is 2. The lowest BCUT2D eigenvalue weighted by atomic mass is 10.1. The van der Waals surface area contributed by atoms with E-state index in [1.54, 1.807) is 26.2 Å². The van der Waals surface area contributed by atoms with E-state index in [9.17, 15) is 4.79 Å². The highest BCUT2D eigenvalue weighted by Crippen LogP contribution is 2.19. The van der Waals surface area contributed by atoms with Crippen molar-refractivity contribution in [2.75, 3.05) is 12.4 Å². The fourth-order valence-corrected chi connectivity index (χ4v) is 2.44. The van der Waals surface area contributed by atoms with E-state index in [2.05, 4.69) is 10.6 Å². The summed E-state index contributed by atoms with van der Waals surface area (Å²) < 4.78 is 5.23. The number of hydrogen-bond donors (Lipinski definition) is 2. The van der Waals surface area contributed by atoms with Gasteiger partial charge in [0.25, 0.3) is 0 Å². The highest BCUT2D eigenvalue weighted by molar-refractivity contribution is 7.80. The number of ether oxygens (including phenoxy) is 1. The molecule has 1 atom stereocenters. The number of carbonyl (C=O) groups excluding carboxylic acids is 1. The molecule has 5 heteroatoms. The van der Waals surface area contributed by atoms with Gasteiger partial charge in [-0.3, -0.25) is 4.79 Å². The average Bonchev–Trinajstić information content (AvgIpc) is 2.55. The maximum absolute atomic E-state index is 11.3. The van der Waals surface area contributed by atoms with E-state index < -0.39 is 0 Å². The largest absolute Gasteiger partial charge is 0.497 e. The molecule has 0 fully saturated rings. The minimum Gasteiger partial charge on any atom is -0.497 e. The molecule has 0 aliphatic heterocycles. The standard InChI is InChI=1S/C18H20N2O2S/c1-12(15-5-4-6-17(11-15)22-3)19-18(23)20-16-9-7-14(8-10-16)13(2)21/h4-12H,1-3H3,(H2,19,20,23)/t12-/m0/s1. The Morgan fingerprint density at radius 3 is 2.48 bits per heavy atom. The molecule has 0 bridgehead atoms. The van der Waals surface area contributed by atoms with Crippen LogP contribution in [0.3, 0.4) is 0 Å². The third-order valence-corrected chi connectivity index (χ3v) is 3.71. The molecule has 0 aliphatic carbocycles. The van der Waals surface area contributed by atoms with Gasteiger partial charge >= 0.3 is 0 Å². The van der Waals surface area contributed by atoms with Crippen molar-refractivity contribution in [2.45, 2.75) is 19.9 Å². The molecule has 0 aromatic heterocycles. The predicted molar refractivity (Wildman–Crippen MR) is 97.2 cm³/mol. The van der Waals surface area contributed by atoms with E-state index in [0.717, 1.165) is 17.0 Å². The number of benzene rings is 2. The van der Waals surface area contributed by atoms with Crippen molar-refractivity contribution in [2.24, 2.45) is 0 Å². The van der Waals surface area contributed by atoms with Gasteiger partial charge in [0, 0.05) is 11.3 Å². The van der Waals surface area contributed by atoms with Gasteiger partial charge in [0.1, 0.15) is 5.75 Å². The van der Waals surface area contributed by atoms with E-state index in [0.29, 0.717) is 10.7 Å². The molecule has 120 valence electrons. The third-order valence-electron chi connectivity index (χ3n) is 3.49. The molecule has 0 spiro atoms. The van der Waals surface area contributed by atoms with Crippen molar-refractivity contribution in [1.82, 2.24) is 5.32 Å². The maximum Gasteiger partial charge on any atom is 0.171 e. The summed E-state index contributed by atoms with van der Waals surface area (Å²) in [6.07, 6.45) is 0. The molecule has 2 aromatic rings. The van der Waals surface area contributed by atoms with E-state index in [4.69, 9.17) is 17.0 Å². The molecule has 0 amide bonds. The molecular formula is C18H20N2O2S. The van der Waals surface area contributed by atoms with Gasteiger partial charge in [-0.2, -0.15) is 0 Å². The number of rotatable bonds is 5. The maximum atomic E-state index is 11.3. The number of hydrogen-bond acceptors (Lipinski definition) is 3. The Bertz CT molecular complexity index is 698. The van der Waals surface area contributed by atoms with Crippen LogP contribution in [0.5, 0.6) is 5.75 Å². The Balaban J connectivity index is 1.96. The van der Waals surface area contributed by atoms with Crippen LogP contribution in [0.25, 0.3) is 0 Å². The molecule has 0 saturated carbocycles. The summed E-state index contributed by atoms with van der Waals surface area (Å²) in [6, 6.07) is 15.1. The lowest BCUT2D eigenvalue weighted by molar-refractivity contribution is 0.101. The predicted octanol–water partition coefficient (Wildman–Crippen LogP) is 3.95. The Kier molecular flexibility index (Phi) is 5.71. The van der Waals surface area contributed by atoms with Crippen LogP contribution in [0.15, 0.2) is 48.5 Å². The minimum absolute atomic E-state index is 0.0431. The fraction of sp³-hybridized carbons (Fsp3) is 0.222. The van der Waals surface area contributed by atoms with E-state index in [1.165, 1.54) is 0 Å². The molecule has 2 aromatic carbocycles. The van der Waals surface area contributed by atoms with Gasteiger partial charge in [-0.25, -0.2) is 0 Å². The second kappa shape index (κ2) is 7.74. The van der Waals surface area contributed by atoms with Gasteiger partial charge < -0.3 is 15.4 Å². The van der Waals surface area contributed by atoms with E-state index >= 15 is 0 Å². The first-order chi connectivity index (χ1) is 11.0. The summed E-state index contributed by atoms with van der Waals surface area (Å²) >= 11 is 5.34. The molecule has 0 heterocycles. The lowest BCUT2D eigenvalue weighted by Gasteiger charge is -2.18. The topological polar surface area (TPSA) is 50.4 Å². The van der Waals surface area contributed by atoms with Crippen molar-refractivity contribution in [3.05, 3.63) is 59.7 Å². The monoisotopic (exact) mass is 328 g/mol. The second-order valence-electron chi connectivity index (χ2n) is 5.23.